The van der Waals surface area contributed by atoms with Gasteiger partial charge in [-0.2, -0.15) is 0 Å². The molecule has 2 heterocycles. The summed E-state index contributed by atoms with van der Waals surface area (Å²) in [7, 11) is 0. The molecule has 0 radical (unpaired) electrons. The predicted octanol–water partition coefficient (Wildman–Crippen LogP) is 1.42. The molecule has 2 aliphatic rings. The number of rotatable bonds is 3. The third kappa shape index (κ3) is 4.69. The van der Waals surface area contributed by atoms with Gasteiger partial charge in [0.05, 0.1) is 12.7 Å². The van der Waals surface area contributed by atoms with Crippen molar-refractivity contribution in [1.29, 1.82) is 0 Å². The molecule has 20 heavy (non-hydrogen) atoms. The summed E-state index contributed by atoms with van der Waals surface area (Å²) in [5, 5.41) is 3.72. The van der Waals surface area contributed by atoms with E-state index in [-0.39, 0.29) is 0 Å². The quantitative estimate of drug-likeness (QED) is 0.848. The van der Waals surface area contributed by atoms with Crippen molar-refractivity contribution in [3.05, 3.63) is 0 Å². The van der Waals surface area contributed by atoms with E-state index in [0.29, 0.717) is 17.6 Å². The van der Waals surface area contributed by atoms with Gasteiger partial charge in [0.25, 0.3) is 0 Å². The average Bonchev–Trinajstić information content (AvgIpc) is 2.64. The summed E-state index contributed by atoms with van der Waals surface area (Å²) in [5.74, 6) is 0. The van der Waals surface area contributed by atoms with Crippen LogP contribution < -0.4 is 5.32 Å². The zero-order valence-electron chi connectivity index (χ0n) is 13.8. The zero-order valence-corrected chi connectivity index (χ0v) is 13.8. The predicted molar refractivity (Wildman–Crippen MR) is 84.2 cm³/mol. The van der Waals surface area contributed by atoms with E-state index in [1.165, 1.54) is 13.0 Å². The summed E-state index contributed by atoms with van der Waals surface area (Å²) in [5.41, 5.74) is 0.325. The van der Waals surface area contributed by atoms with Crippen LogP contribution in [0.25, 0.3) is 0 Å². The minimum Gasteiger partial charge on any atom is -0.374 e. The second-order valence-electron chi connectivity index (χ2n) is 7.37. The molecule has 1 N–H and O–H groups in total. The Bertz CT molecular complexity index is 290. The summed E-state index contributed by atoms with van der Waals surface area (Å²) in [6.07, 6.45) is 1.64. The van der Waals surface area contributed by atoms with Crippen LogP contribution in [-0.2, 0) is 4.74 Å². The molecule has 0 spiro atoms. The molecule has 0 aromatic heterocycles. The molecule has 0 aliphatic carbocycles. The highest BCUT2D eigenvalue weighted by Crippen LogP contribution is 2.22. The van der Waals surface area contributed by atoms with Gasteiger partial charge in [-0.15, -0.1) is 0 Å². The Morgan fingerprint density at radius 3 is 2.65 bits per heavy atom. The van der Waals surface area contributed by atoms with E-state index in [1.54, 1.807) is 0 Å². The van der Waals surface area contributed by atoms with Crippen molar-refractivity contribution in [2.24, 2.45) is 5.41 Å². The second-order valence-corrected chi connectivity index (χ2v) is 7.37. The van der Waals surface area contributed by atoms with Crippen LogP contribution >= 0.6 is 0 Å². The van der Waals surface area contributed by atoms with Crippen molar-refractivity contribution >= 4 is 0 Å². The van der Waals surface area contributed by atoms with E-state index in [4.69, 9.17) is 4.74 Å². The first-order chi connectivity index (χ1) is 9.49. The lowest BCUT2D eigenvalue weighted by atomic mass is 9.86. The largest absolute Gasteiger partial charge is 0.374 e. The maximum atomic E-state index is 5.97. The Balaban J connectivity index is 1.87. The lowest BCUT2D eigenvalue weighted by Gasteiger charge is -2.37. The van der Waals surface area contributed by atoms with E-state index < -0.39 is 0 Å². The van der Waals surface area contributed by atoms with Gasteiger partial charge in [-0.3, -0.25) is 9.80 Å². The normalized spacial score (nSPS) is 31.2. The van der Waals surface area contributed by atoms with Gasteiger partial charge in [-0.05, 0) is 31.5 Å². The van der Waals surface area contributed by atoms with Gasteiger partial charge in [0.1, 0.15) is 0 Å². The highest BCUT2D eigenvalue weighted by atomic mass is 16.5. The van der Waals surface area contributed by atoms with E-state index in [1.807, 2.05) is 0 Å². The molecular weight excluding hydrogens is 250 g/mol. The van der Waals surface area contributed by atoms with Gasteiger partial charge < -0.3 is 10.1 Å². The lowest BCUT2D eigenvalue weighted by Crippen LogP contribution is -2.51. The number of likely N-dealkylation sites (N-methyl/N-ethyl adjacent to an activating group) is 1. The van der Waals surface area contributed by atoms with E-state index in [2.05, 4.69) is 42.8 Å². The van der Waals surface area contributed by atoms with Crippen LogP contribution in [0.5, 0.6) is 0 Å². The molecule has 0 saturated carbocycles. The molecule has 2 rings (SSSR count). The zero-order chi connectivity index (χ0) is 14.6. The Morgan fingerprint density at radius 1 is 1.15 bits per heavy atom. The minimum atomic E-state index is 0.325. The smallest absolute Gasteiger partial charge is 0.0829 e. The van der Waals surface area contributed by atoms with Crippen LogP contribution in [0.4, 0.5) is 0 Å². The van der Waals surface area contributed by atoms with Gasteiger partial charge in [-0.1, -0.05) is 27.7 Å². The average molecular weight is 283 g/mol. The highest BCUT2D eigenvalue weighted by molar-refractivity contribution is 4.87. The number of ether oxygens (including phenoxy) is 1. The molecule has 4 heteroatoms. The van der Waals surface area contributed by atoms with Crippen LogP contribution in [0.1, 0.15) is 34.1 Å². The first kappa shape index (κ1) is 16.2. The molecule has 0 amide bonds. The molecule has 2 atom stereocenters. The summed E-state index contributed by atoms with van der Waals surface area (Å²) in [6, 6.07) is 0.580. The van der Waals surface area contributed by atoms with Crippen LogP contribution in [-0.4, -0.2) is 74.4 Å². The standard InChI is InChI=1S/C16H33N3O/c1-5-18-9-10-20-14(11-18)12-19-8-6-7-17-15(13-19)16(2,3)4/h14-15,17H,5-13H2,1-4H3. The molecule has 2 fully saturated rings. The molecule has 0 aromatic carbocycles. The highest BCUT2D eigenvalue weighted by Gasteiger charge is 2.30. The molecule has 0 bridgehead atoms. The molecule has 2 aliphatic heterocycles. The number of hydrogen-bond acceptors (Lipinski definition) is 4. The van der Waals surface area contributed by atoms with Crippen LogP contribution in [0.3, 0.4) is 0 Å². The fourth-order valence-corrected chi connectivity index (χ4v) is 3.20. The van der Waals surface area contributed by atoms with E-state index >= 15 is 0 Å². The Hall–Kier alpha value is -0.160. The SMILES string of the molecule is CCN1CCOC(CN2CCCNC(C(C)(C)C)C2)C1. The number of morpholine rings is 1. The molecule has 2 saturated heterocycles. The van der Waals surface area contributed by atoms with Crippen LogP contribution in [0, 0.1) is 5.41 Å². The van der Waals surface area contributed by atoms with Crippen molar-refractivity contribution in [2.75, 3.05) is 52.4 Å². The van der Waals surface area contributed by atoms with Crippen molar-refractivity contribution < 1.29 is 4.74 Å². The van der Waals surface area contributed by atoms with Gasteiger partial charge in [0.15, 0.2) is 0 Å². The third-order valence-corrected chi connectivity index (χ3v) is 4.66. The molecule has 4 nitrogen and oxygen atoms in total. The molecule has 118 valence electrons. The Kier molecular flexibility index (Phi) is 5.84. The van der Waals surface area contributed by atoms with Crippen molar-refractivity contribution in [1.82, 2.24) is 15.1 Å². The minimum absolute atomic E-state index is 0.325. The van der Waals surface area contributed by atoms with Gasteiger partial charge in [-0.25, -0.2) is 0 Å². The third-order valence-electron chi connectivity index (χ3n) is 4.66. The topological polar surface area (TPSA) is 27.7 Å². The molecule has 0 aromatic rings. The van der Waals surface area contributed by atoms with E-state index in [0.717, 1.165) is 45.9 Å². The maximum absolute atomic E-state index is 5.97. The van der Waals surface area contributed by atoms with Crippen LogP contribution in [0.2, 0.25) is 0 Å². The molecular formula is C16H33N3O. The van der Waals surface area contributed by atoms with Crippen molar-refractivity contribution in [3.8, 4) is 0 Å². The summed E-state index contributed by atoms with van der Waals surface area (Å²) in [4.78, 5) is 5.12. The first-order valence-electron chi connectivity index (χ1n) is 8.28. The second kappa shape index (κ2) is 7.21. The number of nitrogens with one attached hydrogen (secondary N) is 1. The van der Waals surface area contributed by atoms with Gasteiger partial charge in [0, 0.05) is 32.2 Å². The fraction of sp³-hybridized carbons (Fsp3) is 1.00. The number of hydrogen-bond donors (Lipinski definition) is 1. The van der Waals surface area contributed by atoms with Crippen molar-refractivity contribution in [2.45, 2.75) is 46.3 Å². The lowest BCUT2D eigenvalue weighted by molar-refractivity contribution is -0.0428. The maximum Gasteiger partial charge on any atom is 0.0829 e. The summed E-state index contributed by atoms with van der Waals surface area (Å²) >= 11 is 0. The Morgan fingerprint density at radius 2 is 1.95 bits per heavy atom. The van der Waals surface area contributed by atoms with Crippen LogP contribution in [0.15, 0.2) is 0 Å². The monoisotopic (exact) mass is 283 g/mol. The van der Waals surface area contributed by atoms with Gasteiger partial charge >= 0.3 is 0 Å². The summed E-state index contributed by atoms with van der Waals surface area (Å²) in [6.45, 7) is 18.1. The van der Waals surface area contributed by atoms with Gasteiger partial charge in [0.2, 0.25) is 0 Å². The van der Waals surface area contributed by atoms with E-state index in [9.17, 15) is 0 Å². The first-order valence-corrected chi connectivity index (χ1v) is 8.28. The summed E-state index contributed by atoms with van der Waals surface area (Å²) < 4.78 is 5.97. The molecule has 2 unspecified atom stereocenters. The van der Waals surface area contributed by atoms with Crippen molar-refractivity contribution in [3.63, 3.8) is 0 Å². The fourth-order valence-electron chi connectivity index (χ4n) is 3.20. The number of nitrogens with zero attached hydrogens (tertiary/aromatic N) is 2. The Labute approximate surface area is 124 Å².